The van der Waals surface area contributed by atoms with Gasteiger partial charge in [0.2, 0.25) is 0 Å². The molecule has 0 amide bonds. The lowest BCUT2D eigenvalue weighted by Gasteiger charge is -2.45. The number of ether oxygens (including phenoxy) is 1. The molecule has 88 valence electrons. The fourth-order valence-electron chi connectivity index (χ4n) is 1.91. The molecule has 0 saturated heterocycles. The molecule has 0 heterocycles. The third-order valence-electron chi connectivity index (χ3n) is 2.87. The lowest BCUT2D eigenvalue weighted by atomic mass is 9.72. The van der Waals surface area contributed by atoms with Crippen LogP contribution in [0.1, 0.15) is 18.4 Å². The van der Waals surface area contributed by atoms with E-state index in [1.54, 1.807) is 30.3 Å². The average molecular weight is 232 g/mol. The SMILES string of the molecule is OC1(c2ccccc2)CCC1OC(F)(F)F. The molecule has 16 heavy (non-hydrogen) atoms. The van der Waals surface area contributed by atoms with Crippen molar-refractivity contribution in [3.05, 3.63) is 35.9 Å². The summed E-state index contributed by atoms with van der Waals surface area (Å²) in [6.07, 6.45) is -5.40. The van der Waals surface area contributed by atoms with E-state index in [9.17, 15) is 18.3 Å². The Morgan fingerprint density at radius 3 is 2.31 bits per heavy atom. The first-order valence-electron chi connectivity index (χ1n) is 4.94. The van der Waals surface area contributed by atoms with Gasteiger partial charge in [0.25, 0.3) is 0 Å². The molecule has 0 spiro atoms. The van der Waals surface area contributed by atoms with E-state index < -0.39 is 18.1 Å². The molecule has 2 atom stereocenters. The van der Waals surface area contributed by atoms with Crippen molar-refractivity contribution in [2.75, 3.05) is 0 Å². The van der Waals surface area contributed by atoms with Crippen LogP contribution in [0.15, 0.2) is 30.3 Å². The Bertz CT molecular complexity index is 363. The summed E-state index contributed by atoms with van der Waals surface area (Å²) in [5.74, 6) is 0. The molecule has 1 aromatic rings. The largest absolute Gasteiger partial charge is 0.522 e. The molecule has 1 aliphatic carbocycles. The van der Waals surface area contributed by atoms with Gasteiger partial charge >= 0.3 is 6.36 Å². The maximum Gasteiger partial charge on any atom is 0.522 e. The van der Waals surface area contributed by atoms with Gasteiger partial charge in [-0.1, -0.05) is 30.3 Å². The molecule has 1 N–H and O–H groups in total. The van der Waals surface area contributed by atoms with Crippen LogP contribution < -0.4 is 0 Å². The van der Waals surface area contributed by atoms with Crippen molar-refractivity contribution < 1.29 is 23.0 Å². The summed E-state index contributed by atoms with van der Waals surface area (Å²) in [6, 6.07) is 8.30. The van der Waals surface area contributed by atoms with Crippen LogP contribution in [0.3, 0.4) is 0 Å². The number of hydrogen-bond acceptors (Lipinski definition) is 2. The smallest absolute Gasteiger partial charge is 0.382 e. The van der Waals surface area contributed by atoms with Gasteiger partial charge in [0.15, 0.2) is 0 Å². The lowest BCUT2D eigenvalue weighted by molar-refractivity contribution is -0.378. The summed E-state index contributed by atoms with van der Waals surface area (Å²) in [5.41, 5.74) is -1.04. The highest BCUT2D eigenvalue weighted by molar-refractivity contribution is 5.26. The molecule has 1 saturated carbocycles. The van der Waals surface area contributed by atoms with Crippen molar-refractivity contribution in [2.45, 2.75) is 30.9 Å². The van der Waals surface area contributed by atoms with Gasteiger partial charge in [-0.25, -0.2) is 0 Å². The summed E-state index contributed by atoms with van der Waals surface area (Å²) in [7, 11) is 0. The van der Waals surface area contributed by atoms with E-state index in [4.69, 9.17) is 0 Å². The maximum atomic E-state index is 12.1. The van der Waals surface area contributed by atoms with Crippen LogP contribution in [0.5, 0.6) is 0 Å². The zero-order valence-corrected chi connectivity index (χ0v) is 8.37. The highest BCUT2D eigenvalue weighted by Gasteiger charge is 2.52. The summed E-state index contributed by atoms with van der Waals surface area (Å²) < 4.78 is 40.1. The minimum Gasteiger partial charge on any atom is -0.382 e. The zero-order chi connectivity index (χ0) is 11.8. The quantitative estimate of drug-likeness (QED) is 0.849. The third-order valence-corrected chi connectivity index (χ3v) is 2.87. The maximum absolute atomic E-state index is 12.1. The summed E-state index contributed by atoms with van der Waals surface area (Å²) in [5, 5.41) is 10.1. The second-order valence-corrected chi connectivity index (χ2v) is 3.88. The van der Waals surface area contributed by atoms with Gasteiger partial charge in [0.05, 0.1) is 6.10 Å². The molecule has 1 aliphatic rings. The molecule has 0 aliphatic heterocycles. The van der Waals surface area contributed by atoms with Crippen molar-refractivity contribution in [3.63, 3.8) is 0 Å². The van der Waals surface area contributed by atoms with Gasteiger partial charge in [-0.2, -0.15) is 0 Å². The predicted octanol–water partition coefficient (Wildman–Crippen LogP) is 2.57. The van der Waals surface area contributed by atoms with Gasteiger partial charge in [-0.3, -0.25) is 4.74 Å². The van der Waals surface area contributed by atoms with Gasteiger partial charge in [-0.05, 0) is 18.4 Å². The standard InChI is InChI=1S/C11H11F3O2/c12-11(13,14)16-9-6-7-10(9,15)8-4-2-1-3-5-8/h1-5,9,15H,6-7H2. The molecule has 1 aromatic carbocycles. The van der Waals surface area contributed by atoms with Crippen molar-refractivity contribution in [2.24, 2.45) is 0 Å². The lowest BCUT2D eigenvalue weighted by Crippen LogP contribution is -2.52. The molecule has 0 aromatic heterocycles. The second-order valence-electron chi connectivity index (χ2n) is 3.88. The van der Waals surface area contributed by atoms with Gasteiger partial charge in [0, 0.05) is 0 Å². The number of benzene rings is 1. The van der Waals surface area contributed by atoms with Gasteiger partial charge in [0.1, 0.15) is 5.60 Å². The van der Waals surface area contributed by atoms with E-state index in [0.29, 0.717) is 5.56 Å². The molecule has 2 nitrogen and oxygen atoms in total. The summed E-state index contributed by atoms with van der Waals surface area (Å²) in [6.45, 7) is 0. The first kappa shape index (κ1) is 11.4. The Morgan fingerprint density at radius 2 is 1.88 bits per heavy atom. The van der Waals surface area contributed by atoms with Crippen LogP contribution in [0.2, 0.25) is 0 Å². The number of aliphatic hydroxyl groups is 1. The van der Waals surface area contributed by atoms with E-state index >= 15 is 0 Å². The van der Waals surface area contributed by atoms with Gasteiger partial charge in [-0.15, -0.1) is 13.2 Å². The van der Waals surface area contributed by atoms with Crippen molar-refractivity contribution >= 4 is 0 Å². The van der Waals surface area contributed by atoms with E-state index in [1.165, 1.54) is 0 Å². The van der Waals surface area contributed by atoms with Crippen LogP contribution in [-0.2, 0) is 10.3 Å². The number of rotatable bonds is 2. The first-order chi connectivity index (χ1) is 7.42. The number of halogens is 3. The normalized spacial score (nSPS) is 29.9. The molecule has 0 radical (unpaired) electrons. The van der Waals surface area contributed by atoms with Crippen LogP contribution in [0.4, 0.5) is 13.2 Å². The van der Waals surface area contributed by atoms with E-state index in [2.05, 4.69) is 4.74 Å². The molecular formula is C11H11F3O2. The predicted molar refractivity (Wildman–Crippen MR) is 50.5 cm³/mol. The Kier molecular flexibility index (Phi) is 2.67. The summed E-state index contributed by atoms with van der Waals surface area (Å²) in [4.78, 5) is 0. The highest BCUT2D eigenvalue weighted by Crippen LogP contribution is 2.45. The first-order valence-corrected chi connectivity index (χ1v) is 4.94. The minimum absolute atomic E-state index is 0.213. The van der Waals surface area contributed by atoms with Crippen molar-refractivity contribution in [1.82, 2.24) is 0 Å². The average Bonchev–Trinajstić information content (AvgIpc) is 2.24. The van der Waals surface area contributed by atoms with E-state index in [0.717, 1.165) is 0 Å². The number of hydrogen-bond donors (Lipinski definition) is 1. The van der Waals surface area contributed by atoms with E-state index in [-0.39, 0.29) is 12.8 Å². The Balaban J connectivity index is 2.15. The van der Waals surface area contributed by atoms with Crippen molar-refractivity contribution in [3.8, 4) is 0 Å². The molecular weight excluding hydrogens is 221 g/mol. The Morgan fingerprint density at radius 1 is 1.25 bits per heavy atom. The highest BCUT2D eigenvalue weighted by atomic mass is 19.4. The topological polar surface area (TPSA) is 29.5 Å². The zero-order valence-electron chi connectivity index (χ0n) is 8.37. The van der Waals surface area contributed by atoms with Crippen LogP contribution >= 0.6 is 0 Å². The molecule has 5 heteroatoms. The molecule has 2 rings (SSSR count). The Hall–Kier alpha value is -1.07. The molecule has 0 bridgehead atoms. The van der Waals surface area contributed by atoms with Crippen LogP contribution in [-0.4, -0.2) is 17.6 Å². The van der Waals surface area contributed by atoms with Crippen molar-refractivity contribution in [1.29, 1.82) is 0 Å². The van der Waals surface area contributed by atoms with Crippen LogP contribution in [0, 0.1) is 0 Å². The molecule has 1 fully saturated rings. The number of alkyl halides is 3. The molecule has 2 unspecified atom stereocenters. The fourth-order valence-corrected chi connectivity index (χ4v) is 1.91. The van der Waals surface area contributed by atoms with Gasteiger partial charge < -0.3 is 5.11 Å². The second kappa shape index (κ2) is 3.75. The fraction of sp³-hybridized carbons (Fsp3) is 0.455. The Labute approximate surface area is 90.7 Å². The minimum atomic E-state index is -4.70. The van der Waals surface area contributed by atoms with E-state index in [1.807, 2.05) is 0 Å². The third kappa shape index (κ3) is 2.05. The van der Waals surface area contributed by atoms with Crippen LogP contribution in [0.25, 0.3) is 0 Å². The summed E-state index contributed by atoms with van der Waals surface area (Å²) >= 11 is 0. The monoisotopic (exact) mass is 232 g/mol.